The smallest absolute Gasteiger partial charge is 0.242 e. The average molecular weight is 278 g/mol. The lowest BCUT2D eigenvalue weighted by Crippen LogP contribution is -2.29. The molecule has 0 radical (unpaired) electrons. The minimum atomic E-state index is 0.292. The number of rotatable bonds is 6. The van der Waals surface area contributed by atoms with Crippen LogP contribution < -0.4 is 5.32 Å². The Kier molecular flexibility index (Phi) is 5.71. The van der Waals surface area contributed by atoms with Crippen molar-refractivity contribution in [2.75, 3.05) is 18.5 Å². The maximum absolute atomic E-state index is 9.44. The summed E-state index contributed by atoms with van der Waals surface area (Å²) < 4.78 is 0. The fourth-order valence-corrected chi connectivity index (χ4v) is 3.03. The number of aromatic nitrogens is 3. The number of nitrogens with one attached hydrogen (secondary N) is 1. The molecule has 2 N–H and O–H groups in total. The van der Waals surface area contributed by atoms with Crippen LogP contribution in [0, 0.1) is 11.8 Å². The van der Waals surface area contributed by atoms with E-state index in [1.165, 1.54) is 19.3 Å². The van der Waals surface area contributed by atoms with Crippen molar-refractivity contribution < 1.29 is 5.11 Å². The molecule has 1 saturated carbocycles. The van der Waals surface area contributed by atoms with Gasteiger partial charge < -0.3 is 10.4 Å². The van der Waals surface area contributed by atoms with Gasteiger partial charge in [-0.1, -0.05) is 26.7 Å². The largest absolute Gasteiger partial charge is 0.396 e. The van der Waals surface area contributed by atoms with Crippen LogP contribution in [-0.2, 0) is 12.8 Å². The molecule has 0 bridgehead atoms. The molecular formula is C15H26N4O. The molecule has 2 rings (SSSR count). The summed E-state index contributed by atoms with van der Waals surface area (Å²) in [5.74, 6) is 1.57. The van der Waals surface area contributed by atoms with E-state index in [1.807, 2.05) is 0 Å². The van der Waals surface area contributed by atoms with Crippen LogP contribution in [0.1, 0.15) is 50.9 Å². The van der Waals surface area contributed by atoms with Gasteiger partial charge >= 0.3 is 0 Å². The number of anilines is 1. The third kappa shape index (κ3) is 3.66. The number of hydrogen-bond donors (Lipinski definition) is 2. The van der Waals surface area contributed by atoms with Crippen molar-refractivity contribution in [1.82, 2.24) is 15.2 Å². The van der Waals surface area contributed by atoms with Crippen molar-refractivity contribution >= 4 is 5.95 Å². The Morgan fingerprint density at radius 1 is 1.05 bits per heavy atom. The Morgan fingerprint density at radius 3 is 2.40 bits per heavy atom. The highest BCUT2D eigenvalue weighted by atomic mass is 16.3. The van der Waals surface area contributed by atoms with Gasteiger partial charge in [0.05, 0.1) is 11.4 Å². The molecule has 1 aliphatic rings. The van der Waals surface area contributed by atoms with Gasteiger partial charge in [0.1, 0.15) is 0 Å². The quantitative estimate of drug-likeness (QED) is 0.835. The lowest BCUT2D eigenvalue weighted by molar-refractivity contribution is 0.141. The van der Waals surface area contributed by atoms with E-state index >= 15 is 0 Å². The molecule has 112 valence electrons. The molecule has 0 aromatic carbocycles. The highest BCUT2D eigenvalue weighted by Crippen LogP contribution is 2.29. The summed E-state index contributed by atoms with van der Waals surface area (Å²) in [7, 11) is 0. The van der Waals surface area contributed by atoms with Gasteiger partial charge in [-0.3, -0.25) is 0 Å². The number of nitrogens with zero attached hydrogens (tertiary/aromatic N) is 3. The summed E-state index contributed by atoms with van der Waals surface area (Å²) in [5, 5.41) is 21.2. The van der Waals surface area contributed by atoms with E-state index in [4.69, 9.17) is 0 Å². The first-order chi connectivity index (χ1) is 9.78. The Bertz CT molecular complexity index is 424. The van der Waals surface area contributed by atoms with Crippen LogP contribution in [0.2, 0.25) is 0 Å². The summed E-state index contributed by atoms with van der Waals surface area (Å²) in [4.78, 5) is 4.55. The first-order valence-corrected chi connectivity index (χ1v) is 7.85. The monoisotopic (exact) mass is 278 g/mol. The van der Waals surface area contributed by atoms with Crippen LogP contribution in [-0.4, -0.2) is 33.4 Å². The zero-order valence-corrected chi connectivity index (χ0v) is 12.6. The number of hydrogen-bond acceptors (Lipinski definition) is 5. The van der Waals surface area contributed by atoms with E-state index in [1.54, 1.807) is 0 Å². The van der Waals surface area contributed by atoms with Gasteiger partial charge in [-0.2, -0.15) is 5.10 Å². The minimum Gasteiger partial charge on any atom is -0.396 e. The summed E-state index contributed by atoms with van der Waals surface area (Å²) in [6.45, 7) is 5.30. The maximum atomic E-state index is 9.44. The lowest BCUT2D eigenvalue weighted by atomic mass is 9.80. The summed E-state index contributed by atoms with van der Waals surface area (Å²) in [6, 6.07) is 0. The van der Waals surface area contributed by atoms with Crippen molar-refractivity contribution in [3.63, 3.8) is 0 Å². The highest BCUT2D eigenvalue weighted by molar-refractivity contribution is 5.25. The van der Waals surface area contributed by atoms with E-state index in [2.05, 4.69) is 34.3 Å². The SMILES string of the molecule is CCc1nnc(NCC2CCCCC2CO)nc1CC. The maximum Gasteiger partial charge on any atom is 0.242 e. The third-order valence-corrected chi connectivity index (χ3v) is 4.33. The van der Waals surface area contributed by atoms with Crippen molar-refractivity contribution in [2.24, 2.45) is 11.8 Å². The molecule has 0 spiro atoms. The fraction of sp³-hybridized carbons (Fsp3) is 0.800. The van der Waals surface area contributed by atoms with Gasteiger partial charge in [-0.25, -0.2) is 4.98 Å². The van der Waals surface area contributed by atoms with E-state index < -0.39 is 0 Å². The molecule has 5 nitrogen and oxygen atoms in total. The summed E-state index contributed by atoms with van der Waals surface area (Å²) >= 11 is 0. The van der Waals surface area contributed by atoms with Crippen molar-refractivity contribution in [3.8, 4) is 0 Å². The molecule has 2 unspecified atom stereocenters. The van der Waals surface area contributed by atoms with Crippen molar-refractivity contribution in [1.29, 1.82) is 0 Å². The topological polar surface area (TPSA) is 70.9 Å². The molecule has 1 aromatic rings. The van der Waals surface area contributed by atoms with Crippen LogP contribution in [0.3, 0.4) is 0 Å². The van der Waals surface area contributed by atoms with Gasteiger partial charge in [-0.15, -0.1) is 5.10 Å². The first kappa shape index (κ1) is 15.2. The van der Waals surface area contributed by atoms with E-state index in [-0.39, 0.29) is 0 Å². The normalized spacial score (nSPS) is 22.8. The Morgan fingerprint density at radius 2 is 1.75 bits per heavy atom. The van der Waals surface area contributed by atoms with Crippen LogP contribution in [0.5, 0.6) is 0 Å². The average Bonchev–Trinajstić information content (AvgIpc) is 2.52. The van der Waals surface area contributed by atoms with Crippen LogP contribution in [0.25, 0.3) is 0 Å². The van der Waals surface area contributed by atoms with E-state index in [9.17, 15) is 5.11 Å². The summed E-state index contributed by atoms with van der Waals surface area (Å²) in [5.41, 5.74) is 2.02. The zero-order chi connectivity index (χ0) is 14.4. The van der Waals surface area contributed by atoms with Gasteiger partial charge in [-0.05, 0) is 37.5 Å². The number of aliphatic hydroxyl groups is 1. The molecule has 0 amide bonds. The van der Waals surface area contributed by atoms with Crippen LogP contribution in [0.15, 0.2) is 0 Å². The highest BCUT2D eigenvalue weighted by Gasteiger charge is 2.24. The molecule has 5 heteroatoms. The Balaban J connectivity index is 1.96. The second-order valence-electron chi connectivity index (χ2n) is 5.60. The van der Waals surface area contributed by atoms with E-state index in [0.717, 1.165) is 37.2 Å². The minimum absolute atomic E-state index is 0.292. The number of aliphatic hydroxyl groups excluding tert-OH is 1. The molecule has 0 aliphatic heterocycles. The zero-order valence-electron chi connectivity index (χ0n) is 12.6. The molecule has 1 aliphatic carbocycles. The van der Waals surface area contributed by atoms with Crippen LogP contribution >= 0.6 is 0 Å². The fourth-order valence-electron chi connectivity index (χ4n) is 3.03. The summed E-state index contributed by atoms with van der Waals surface area (Å²) in [6.07, 6.45) is 6.58. The Hall–Kier alpha value is -1.23. The predicted molar refractivity (Wildman–Crippen MR) is 79.6 cm³/mol. The van der Waals surface area contributed by atoms with Gasteiger partial charge in [0.2, 0.25) is 5.95 Å². The molecule has 2 atom stereocenters. The number of aryl methyl sites for hydroxylation is 2. The molecule has 20 heavy (non-hydrogen) atoms. The second kappa shape index (κ2) is 7.53. The lowest BCUT2D eigenvalue weighted by Gasteiger charge is -2.30. The first-order valence-electron chi connectivity index (χ1n) is 7.85. The van der Waals surface area contributed by atoms with Gasteiger partial charge in [0.25, 0.3) is 0 Å². The standard InChI is InChI=1S/C15H26N4O/c1-3-13-14(4-2)18-19-15(17-13)16-9-11-7-5-6-8-12(11)10-20/h11-12,20H,3-10H2,1-2H3,(H,16,17,19). The predicted octanol–water partition coefficient (Wildman–Crippen LogP) is 2.21. The molecule has 0 saturated heterocycles. The van der Waals surface area contributed by atoms with E-state index in [0.29, 0.717) is 24.4 Å². The molecule has 1 heterocycles. The third-order valence-electron chi connectivity index (χ3n) is 4.33. The Labute approximate surface area is 121 Å². The molecule has 1 fully saturated rings. The molecular weight excluding hydrogens is 252 g/mol. The second-order valence-corrected chi connectivity index (χ2v) is 5.60. The van der Waals surface area contributed by atoms with Gasteiger partial charge in [0.15, 0.2) is 0 Å². The van der Waals surface area contributed by atoms with Crippen molar-refractivity contribution in [3.05, 3.63) is 11.4 Å². The molecule has 1 aromatic heterocycles. The van der Waals surface area contributed by atoms with Crippen molar-refractivity contribution in [2.45, 2.75) is 52.4 Å². The van der Waals surface area contributed by atoms with Crippen LogP contribution in [0.4, 0.5) is 5.95 Å². The van der Waals surface area contributed by atoms with Gasteiger partial charge in [0, 0.05) is 13.2 Å².